The van der Waals surface area contributed by atoms with Gasteiger partial charge in [-0.2, -0.15) is 4.31 Å². The minimum atomic E-state index is -3.59. The summed E-state index contributed by atoms with van der Waals surface area (Å²) in [6, 6.07) is 15.7. The van der Waals surface area contributed by atoms with E-state index in [4.69, 9.17) is 9.72 Å². The molecule has 37 heavy (non-hydrogen) atoms. The van der Waals surface area contributed by atoms with Crippen LogP contribution in [-0.2, 0) is 32.5 Å². The number of fused-ring (bicyclic) bond motifs is 1. The number of rotatable bonds is 8. The monoisotopic (exact) mass is 542 g/mol. The van der Waals surface area contributed by atoms with Crippen molar-refractivity contribution < 1.29 is 17.9 Å². The molecular formula is C27H34N4O4S2. The van der Waals surface area contributed by atoms with Crippen molar-refractivity contribution in [2.75, 3.05) is 45.1 Å². The molecule has 0 atom stereocenters. The van der Waals surface area contributed by atoms with Crippen LogP contribution < -0.4 is 0 Å². The minimum Gasteiger partial charge on any atom is -0.379 e. The van der Waals surface area contributed by atoms with E-state index in [9.17, 15) is 13.2 Å². The number of imidazole rings is 1. The summed E-state index contributed by atoms with van der Waals surface area (Å²) < 4.78 is 35.0. The quantitative estimate of drug-likeness (QED) is 0.404. The number of aryl methyl sites for hydroxylation is 1. The summed E-state index contributed by atoms with van der Waals surface area (Å²) in [4.78, 5) is 19.9. The zero-order valence-electron chi connectivity index (χ0n) is 21.2. The number of hydrogen-bond acceptors (Lipinski definition) is 6. The van der Waals surface area contributed by atoms with E-state index in [1.165, 1.54) is 21.6 Å². The summed E-state index contributed by atoms with van der Waals surface area (Å²) in [5.41, 5.74) is 2.87. The second-order valence-corrected chi connectivity index (χ2v) is 12.5. The lowest BCUT2D eigenvalue weighted by atomic mass is 9.90. The van der Waals surface area contributed by atoms with Crippen molar-refractivity contribution in [2.45, 2.75) is 42.8 Å². The highest BCUT2D eigenvalue weighted by Gasteiger charge is 2.28. The first-order valence-corrected chi connectivity index (χ1v) is 15.4. The van der Waals surface area contributed by atoms with Crippen LogP contribution in [0.15, 0.2) is 58.6 Å². The molecule has 0 bridgehead atoms. The van der Waals surface area contributed by atoms with Gasteiger partial charge in [0.1, 0.15) is 0 Å². The number of carbonyl (C=O) groups is 1. The van der Waals surface area contributed by atoms with Crippen molar-refractivity contribution in [3.8, 4) is 0 Å². The Morgan fingerprint density at radius 1 is 1.05 bits per heavy atom. The van der Waals surface area contributed by atoms with Crippen molar-refractivity contribution in [3.63, 3.8) is 0 Å². The first-order valence-electron chi connectivity index (χ1n) is 13.0. The average Bonchev–Trinajstić information content (AvgIpc) is 3.30. The summed E-state index contributed by atoms with van der Waals surface area (Å²) in [6.07, 6.45) is 3.12. The summed E-state index contributed by atoms with van der Waals surface area (Å²) in [7, 11) is -3.59. The number of piperidine rings is 1. The van der Waals surface area contributed by atoms with Crippen LogP contribution in [0.4, 0.5) is 0 Å². The zero-order chi connectivity index (χ0) is 25.8. The van der Waals surface area contributed by atoms with Crippen LogP contribution in [0.5, 0.6) is 0 Å². The standard InChI is InChI=1S/C27H34N4O4S2/c1-2-31-25-9-8-23(37(33,34)30-14-16-35-17-15-30)19-24(25)28-27(31)36-20-26(32)29-12-10-22(11-13-29)18-21-6-4-3-5-7-21/h3-9,19,22H,2,10-18,20H2,1H3. The molecule has 0 unspecified atom stereocenters. The Hall–Kier alpha value is -2.40. The predicted octanol–water partition coefficient (Wildman–Crippen LogP) is 3.65. The van der Waals surface area contributed by atoms with Gasteiger partial charge >= 0.3 is 0 Å². The lowest BCUT2D eigenvalue weighted by Crippen LogP contribution is -2.40. The van der Waals surface area contributed by atoms with E-state index in [-0.39, 0.29) is 10.8 Å². The van der Waals surface area contributed by atoms with Gasteiger partial charge in [-0.3, -0.25) is 4.79 Å². The molecular weight excluding hydrogens is 508 g/mol. The normalized spacial score (nSPS) is 17.9. The smallest absolute Gasteiger partial charge is 0.243 e. The van der Waals surface area contributed by atoms with Crippen LogP contribution in [0.25, 0.3) is 11.0 Å². The molecule has 0 spiro atoms. The van der Waals surface area contributed by atoms with E-state index in [1.54, 1.807) is 12.1 Å². The molecule has 0 N–H and O–H groups in total. The van der Waals surface area contributed by atoms with Gasteiger partial charge in [-0.25, -0.2) is 13.4 Å². The maximum atomic E-state index is 13.1. The molecule has 2 fully saturated rings. The van der Waals surface area contributed by atoms with Crippen molar-refractivity contribution in [1.29, 1.82) is 0 Å². The fraction of sp³-hybridized carbons (Fsp3) is 0.481. The maximum absolute atomic E-state index is 13.1. The topological polar surface area (TPSA) is 84.7 Å². The lowest BCUT2D eigenvalue weighted by Gasteiger charge is -2.32. The van der Waals surface area contributed by atoms with Crippen molar-refractivity contribution >= 4 is 38.7 Å². The third kappa shape index (κ3) is 5.87. The average molecular weight is 543 g/mol. The van der Waals surface area contributed by atoms with E-state index in [1.807, 2.05) is 28.5 Å². The van der Waals surface area contributed by atoms with Crippen LogP contribution in [0.2, 0.25) is 0 Å². The molecule has 0 aliphatic carbocycles. The van der Waals surface area contributed by atoms with Gasteiger partial charge in [-0.05, 0) is 55.9 Å². The molecule has 1 aromatic heterocycles. The first-order chi connectivity index (χ1) is 18.0. The number of thioether (sulfide) groups is 1. The molecule has 3 heterocycles. The number of carbonyl (C=O) groups excluding carboxylic acids is 1. The molecule has 2 aromatic carbocycles. The van der Waals surface area contributed by atoms with Gasteiger partial charge in [0.25, 0.3) is 0 Å². The Kier molecular flexibility index (Phi) is 8.18. The van der Waals surface area contributed by atoms with Crippen molar-refractivity contribution in [2.24, 2.45) is 5.92 Å². The Morgan fingerprint density at radius 2 is 1.78 bits per heavy atom. The van der Waals surface area contributed by atoms with Crippen LogP contribution in [0.1, 0.15) is 25.3 Å². The highest BCUT2D eigenvalue weighted by Crippen LogP contribution is 2.28. The number of likely N-dealkylation sites (tertiary alicyclic amines) is 1. The fourth-order valence-corrected chi connectivity index (χ4v) is 7.56. The number of hydrogen-bond donors (Lipinski definition) is 0. The molecule has 0 radical (unpaired) electrons. The molecule has 2 saturated heterocycles. The SMILES string of the molecule is CCn1c(SCC(=O)N2CCC(Cc3ccccc3)CC2)nc2cc(S(=O)(=O)N3CCOCC3)ccc21. The minimum absolute atomic E-state index is 0.133. The highest BCUT2D eigenvalue weighted by atomic mass is 32.2. The zero-order valence-corrected chi connectivity index (χ0v) is 22.8. The van der Waals surface area contributed by atoms with Crippen molar-refractivity contribution in [1.82, 2.24) is 18.8 Å². The Labute approximate surface area is 223 Å². The van der Waals surface area contributed by atoms with E-state index in [0.29, 0.717) is 50.0 Å². The number of aromatic nitrogens is 2. The summed E-state index contributed by atoms with van der Waals surface area (Å²) in [5, 5.41) is 0.741. The maximum Gasteiger partial charge on any atom is 0.243 e. The van der Waals surface area contributed by atoms with Gasteiger partial charge in [-0.1, -0.05) is 42.1 Å². The molecule has 3 aromatic rings. The molecule has 0 saturated carbocycles. The molecule has 2 aliphatic rings. The number of ether oxygens (including phenoxy) is 1. The van der Waals surface area contributed by atoms with Gasteiger partial charge < -0.3 is 14.2 Å². The third-order valence-corrected chi connectivity index (χ3v) is 10.1. The summed E-state index contributed by atoms with van der Waals surface area (Å²) >= 11 is 1.43. The van der Waals surface area contributed by atoms with Crippen LogP contribution in [0.3, 0.4) is 0 Å². The van der Waals surface area contributed by atoms with Gasteiger partial charge in [0, 0.05) is 32.7 Å². The van der Waals surface area contributed by atoms with Gasteiger partial charge in [0.15, 0.2) is 5.16 Å². The van der Waals surface area contributed by atoms with Crippen LogP contribution >= 0.6 is 11.8 Å². The second kappa shape index (κ2) is 11.6. The molecule has 8 nitrogen and oxygen atoms in total. The molecule has 2 aliphatic heterocycles. The Morgan fingerprint density at radius 3 is 2.49 bits per heavy atom. The van der Waals surface area contributed by atoms with E-state index < -0.39 is 10.0 Å². The number of nitrogens with zero attached hydrogens (tertiary/aromatic N) is 4. The van der Waals surface area contributed by atoms with Crippen LogP contribution in [0, 0.1) is 5.92 Å². The van der Waals surface area contributed by atoms with Gasteiger partial charge in [-0.15, -0.1) is 0 Å². The van der Waals surface area contributed by atoms with E-state index in [0.717, 1.165) is 43.0 Å². The largest absolute Gasteiger partial charge is 0.379 e. The first kappa shape index (κ1) is 26.2. The molecule has 5 rings (SSSR count). The molecule has 198 valence electrons. The number of benzene rings is 2. The van der Waals surface area contributed by atoms with E-state index in [2.05, 4.69) is 24.3 Å². The van der Waals surface area contributed by atoms with E-state index >= 15 is 0 Å². The molecule has 10 heteroatoms. The Bertz CT molecular complexity index is 1330. The van der Waals surface area contributed by atoms with Gasteiger partial charge in [0.05, 0.1) is 34.9 Å². The fourth-order valence-electron chi connectivity index (χ4n) is 5.15. The predicted molar refractivity (Wildman–Crippen MR) is 145 cm³/mol. The third-order valence-electron chi connectivity index (χ3n) is 7.27. The number of amides is 1. The number of morpholine rings is 1. The summed E-state index contributed by atoms with van der Waals surface area (Å²) in [6.45, 7) is 5.84. The lowest BCUT2D eigenvalue weighted by molar-refractivity contribution is -0.129. The highest BCUT2D eigenvalue weighted by molar-refractivity contribution is 7.99. The second-order valence-electron chi connectivity index (χ2n) is 9.61. The van der Waals surface area contributed by atoms with Crippen LogP contribution in [-0.4, -0.2) is 78.2 Å². The molecule has 1 amide bonds. The Balaban J connectivity index is 1.22. The van der Waals surface area contributed by atoms with Crippen molar-refractivity contribution in [3.05, 3.63) is 54.1 Å². The number of sulfonamides is 1. The summed E-state index contributed by atoms with van der Waals surface area (Å²) in [5.74, 6) is 1.07. The van der Waals surface area contributed by atoms with Gasteiger partial charge in [0.2, 0.25) is 15.9 Å².